The van der Waals surface area contributed by atoms with Crippen molar-refractivity contribution >= 4 is 17.7 Å². The number of carbonyl (C=O) groups excluding carboxylic acids is 1. The lowest BCUT2D eigenvalue weighted by Crippen LogP contribution is -2.20. The second-order valence-corrected chi connectivity index (χ2v) is 5.93. The van der Waals surface area contributed by atoms with Gasteiger partial charge in [0.1, 0.15) is 0 Å². The van der Waals surface area contributed by atoms with E-state index in [4.69, 9.17) is 9.47 Å². The average Bonchev–Trinajstić information content (AvgIpc) is 3.13. The SMILES string of the molecule is C/C=C/c1ccc(OCC(=O)Nc2cccc(-n3cc[nH]c3=O)c2)c(OC)c1. The van der Waals surface area contributed by atoms with Crippen LogP contribution in [0.1, 0.15) is 12.5 Å². The van der Waals surface area contributed by atoms with Crippen LogP contribution in [0.15, 0.2) is 65.7 Å². The highest BCUT2D eigenvalue weighted by Gasteiger charge is 2.09. The number of methoxy groups -OCH3 is 1. The van der Waals surface area contributed by atoms with Crippen molar-refractivity contribution in [3.63, 3.8) is 0 Å². The van der Waals surface area contributed by atoms with E-state index in [0.29, 0.717) is 22.9 Å². The van der Waals surface area contributed by atoms with Gasteiger partial charge in [-0.25, -0.2) is 4.79 Å². The van der Waals surface area contributed by atoms with Gasteiger partial charge in [-0.1, -0.05) is 24.3 Å². The number of hydrogen-bond acceptors (Lipinski definition) is 4. The summed E-state index contributed by atoms with van der Waals surface area (Å²) in [6.45, 7) is 1.76. The number of aromatic amines is 1. The monoisotopic (exact) mass is 379 g/mol. The number of H-pyrrole nitrogens is 1. The van der Waals surface area contributed by atoms with E-state index in [0.717, 1.165) is 5.56 Å². The van der Waals surface area contributed by atoms with E-state index in [1.165, 1.54) is 4.57 Å². The Morgan fingerprint density at radius 1 is 1.21 bits per heavy atom. The lowest BCUT2D eigenvalue weighted by molar-refractivity contribution is -0.118. The summed E-state index contributed by atoms with van der Waals surface area (Å²) in [5.41, 5.74) is 1.94. The molecule has 0 unspecified atom stereocenters. The van der Waals surface area contributed by atoms with Gasteiger partial charge >= 0.3 is 5.69 Å². The van der Waals surface area contributed by atoms with Gasteiger partial charge in [0.25, 0.3) is 5.91 Å². The summed E-state index contributed by atoms with van der Waals surface area (Å²) in [6, 6.07) is 12.5. The Morgan fingerprint density at radius 2 is 2.07 bits per heavy atom. The summed E-state index contributed by atoms with van der Waals surface area (Å²) in [6.07, 6.45) is 7.05. The van der Waals surface area contributed by atoms with Gasteiger partial charge in [-0.3, -0.25) is 9.36 Å². The summed E-state index contributed by atoms with van der Waals surface area (Å²) in [4.78, 5) is 26.6. The number of nitrogens with zero attached hydrogens (tertiary/aromatic N) is 1. The van der Waals surface area contributed by atoms with Gasteiger partial charge in [0.15, 0.2) is 18.1 Å². The normalized spacial score (nSPS) is 10.8. The fourth-order valence-electron chi connectivity index (χ4n) is 2.70. The number of benzene rings is 2. The molecule has 0 saturated carbocycles. The quantitative estimate of drug-likeness (QED) is 0.660. The maximum Gasteiger partial charge on any atom is 0.330 e. The van der Waals surface area contributed by atoms with Crippen LogP contribution >= 0.6 is 0 Å². The highest BCUT2D eigenvalue weighted by atomic mass is 16.5. The zero-order valence-corrected chi connectivity index (χ0v) is 15.6. The van der Waals surface area contributed by atoms with E-state index in [-0.39, 0.29) is 18.2 Å². The van der Waals surface area contributed by atoms with E-state index in [1.807, 2.05) is 31.2 Å². The molecule has 0 aliphatic carbocycles. The van der Waals surface area contributed by atoms with Crippen molar-refractivity contribution in [1.82, 2.24) is 9.55 Å². The van der Waals surface area contributed by atoms with Crippen molar-refractivity contribution in [2.24, 2.45) is 0 Å². The molecule has 0 atom stereocenters. The number of imidazole rings is 1. The lowest BCUT2D eigenvalue weighted by atomic mass is 10.2. The van der Waals surface area contributed by atoms with Crippen molar-refractivity contribution in [1.29, 1.82) is 0 Å². The molecule has 2 aromatic carbocycles. The van der Waals surface area contributed by atoms with Crippen LogP contribution in [-0.4, -0.2) is 29.2 Å². The van der Waals surface area contributed by atoms with Crippen LogP contribution in [0.3, 0.4) is 0 Å². The molecular weight excluding hydrogens is 358 g/mol. The maximum atomic E-state index is 12.3. The van der Waals surface area contributed by atoms with Crippen LogP contribution < -0.4 is 20.5 Å². The van der Waals surface area contributed by atoms with E-state index in [9.17, 15) is 9.59 Å². The molecule has 7 nitrogen and oxygen atoms in total. The van der Waals surface area contributed by atoms with Crippen LogP contribution in [0.4, 0.5) is 5.69 Å². The molecule has 1 amide bonds. The molecule has 0 bridgehead atoms. The predicted octanol–water partition coefficient (Wildman–Crippen LogP) is 3.22. The Hall–Kier alpha value is -3.74. The first-order chi connectivity index (χ1) is 13.6. The number of carbonyl (C=O) groups is 1. The first-order valence-electron chi connectivity index (χ1n) is 8.70. The van der Waals surface area contributed by atoms with Gasteiger partial charge < -0.3 is 19.8 Å². The summed E-state index contributed by atoms with van der Waals surface area (Å²) < 4.78 is 12.4. The molecule has 144 valence electrons. The van der Waals surface area contributed by atoms with Gasteiger partial charge in [-0.15, -0.1) is 0 Å². The molecule has 0 fully saturated rings. The molecular formula is C21H21N3O4. The Bertz CT molecular complexity index is 1050. The zero-order valence-electron chi connectivity index (χ0n) is 15.6. The van der Waals surface area contributed by atoms with E-state index in [2.05, 4.69) is 10.3 Å². The highest BCUT2D eigenvalue weighted by Crippen LogP contribution is 2.28. The number of anilines is 1. The number of nitrogens with one attached hydrogen (secondary N) is 2. The first kappa shape index (κ1) is 19.0. The molecule has 2 N–H and O–H groups in total. The molecule has 0 saturated heterocycles. The molecule has 0 spiro atoms. The van der Waals surface area contributed by atoms with Crippen LogP contribution in [0.5, 0.6) is 11.5 Å². The van der Waals surface area contributed by atoms with E-state index >= 15 is 0 Å². The van der Waals surface area contributed by atoms with Gasteiger partial charge in [0, 0.05) is 18.1 Å². The minimum Gasteiger partial charge on any atom is -0.493 e. The third-order valence-electron chi connectivity index (χ3n) is 3.96. The third kappa shape index (κ3) is 4.50. The van der Waals surface area contributed by atoms with Crippen molar-refractivity contribution in [3.8, 4) is 17.2 Å². The minimum atomic E-state index is -0.321. The van der Waals surface area contributed by atoms with Crippen LogP contribution in [0.25, 0.3) is 11.8 Å². The van der Waals surface area contributed by atoms with E-state index < -0.39 is 0 Å². The Kier molecular flexibility index (Phi) is 5.96. The molecule has 0 aliphatic heterocycles. The maximum absolute atomic E-state index is 12.3. The molecule has 0 aliphatic rings. The standard InChI is InChI=1S/C21H21N3O4/c1-3-5-15-8-9-18(19(12-15)27-2)28-14-20(25)23-16-6-4-7-17(13-16)24-11-10-22-21(24)26/h3-13H,14H2,1-2H3,(H,22,26)(H,23,25)/b5-3+. The van der Waals surface area contributed by atoms with Crippen molar-refractivity contribution in [2.45, 2.75) is 6.92 Å². The fourth-order valence-corrected chi connectivity index (χ4v) is 2.70. The van der Waals surface area contributed by atoms with E-state index in [1.54, 1.807) is 49.8 Å². The summed E-state index contributed by atoms with van der Waals surface area (Å²) >= 11 is 0. The number of amides is 1. The lowest BCUT2D eigenvalue weighted by Gasteiger charge is -2.12. The van der Waals surface area contributed by atoms with Crippen molar-refractivity contribution < 1.29 is 14.3 Å². The van der Waals surface area contributed by atoms with Crippen LogP contribution in [0, 0.1) is 0 Å². The minimum absolute atomic E-state index is 0.173. The van der Waals surface area contributed by atoms with Gasteiger partial charge in [0.2, 0.25) is 0 Å². The Labute approximate surface area is 162 Å². The van der Waals surface area contributed by atoms with Gasteiger partial charge in [-0.05, 0) is 42.8 Å². The molecule has 1 aromatic heterocycles. The number of ether oxygens (including phenoxy) is 2. The zero-order chi connectivity index (χ0) is 19.9. The first-order valence-corrected chi connectivity index (χ1v) is 8.70. The Balaban J connectivity index is 1.65. The third-order valence-corrected chi connectivity index (χ3v) is 3.96. The number of rotatable bonds is 7. The van der Waals surface area contributed by atoms with Crippen LogP contribution in [0.2, 0.25) is 0 Å². The second-order valence-electron chi connectivity index (χ2n) is 5.93. The highest BCUT2D eigenvalue weighted by molar-refractivity contribution is 5.92. The largest absolute Gasteiger partial charge is 0.493 e. The second kappa shape index (κ2) is 8.77. The molecule has 3 rings (SSSR count). The van der Waals surface area contributed by atoms with Gasteiger partial charge in [0.05, 0.1) is 12.8 Å². The van der Waals surface area contributed by atoms with Gasteiger partial charge in [-0.2, -0.15) is 0 Å². The number of hydrogen-bond donors (Lipinski definition) is 2. The summed E-state index contributed by atoms with van der Waals surface area (Å²) in [7, 11) is 1.55. The summed E-state index contributed by atoms with van der Waals surface area (Å²) in [5.74, 6) is 0.717. The predicted molar refractivity (Wildman–Crippen MR) is 108 cm³/mol. The fraction of sp³-hybridized carbons (Fsp3) is 0.143. The molecule has 28 heavy (non-hydrogen) atoms. The number of aromatic nitrogens is 2. The number of allylic oxidation sites excluding steroid dienone is 1. The van der Waals surface area contributed by atoms with Crippen molar-refractivity contribution in [3.05, 3.63) is 77.0 Å². The smallest absolute Gasteiger partial charge is 0.330 e. The molecule has 1 heterocycles. The molecule has 0 radical (unpaired) electrons. The molecule has 3 aromatic rings. The molecule has 7 heteroatoms. The van der Waals surface area contributed by atoms with Crippen molar-refractivity contribution in [2.75, 3.05) is 19.0 Å². The topological polar surface area (TPSA) is 85.4 Å². The van der Waals surface area contributed by atoms with Crippen LogP contribution in [-0.2, 0) is 4.79 Å². The summed E-state index contributed by atoms with van der Waals surface area (Å²) in [5, 5.41) is 2.76. The average molecular weight is 379 g/mol. The Morgan fingerprint density at radius 3 is 2.79 bits per heavy atom.